The largest absolute Gasteiger partial charge is 0.463 e. The lowest BCUT2D eigenvalue weighted by atomic mass is 9.94. The van der Waals surface area contributed by atoms with Gasteiger partial charge >= 0.3 is 0 Å². The predicted molar refractivity (Wildman–Crippen MR) is 104 cm³/mol. The molecule has 5 heterocycles. The van der Waals surface area contributed by atoms with Gasteiger partial charge in [-0.2, -0.15) is 10.1 Å². The number of hydrogen-bond donors (Lipinski definition) is 1. The number of piperidine rings is 1. The first-order valence-electron chi connectivity index (χ1n) is 9.74. The molecule has 0 aromatic carbocycles. The monoisotopic (exact) mass is 405 g/mol. The van der Waals surface area contributed by atoms with Crippen molar-refractivity contribution in [2.45, 2.75) is 19.3 Å². The van der Waals surface area contributed by atoms with E-state index < -0.39 is 0 Å². The van der Waals surface area contributed by atoms with Gasteiger partial charge in [-0.1, -0.05) is 5.16 Å². The zero-order valence-electron chi connectivity index (χ0n) is 16.1. The minimum atomic E-state index is -0.0977. The van der Waals surface area contributed by atoms with E-state index in [0.29, 0.717) is 54.1 Å². The topological polar surface area (TPSA) is 127 Å². The maximum atomic E-state index is 12.9. The summed E-state index contributed by atoms with van der Waals surface area (Å²) < 4.78 is 10.7. The Labute approximate surface area is 171 Å². The third-order valence-corrected chi connectivity index (χ3v) is 5.11. The number of furan rings is 1. The number of H-pyrrole nitrogens is 1. The van der Waals surface area contributed by atoms with Crippen LogP contribution in [-0.2, 0) is 6.42 Å². The van der Waals surface area contributed by atoms with E-state index in [2.05, 4.69) is 30.3 Å². The molecule has 1 N–H and O–H groups in total. The highest BCUT2D eigenvalue weighted by molar-refractivity contribution is 5.93. The number of aromatic amines is 1. The number of carbonyl (C=O) groups excluding carboxylic acids is 1. The van der Waals surface area contributed by atoms with Gasteiger partial charge in [0.05, 0.1) is 12.5 Å². The van der Waals surface area contributed by atoms with Gasteiger partial charge in [0.2, 0.25) is 11.7 Å². The van der Waals surface area contributed by atoms with Gasteiger partial charge in [0.15, 0.2) is 11.5 Å². The van der Waals surface area contributed by atoms with Crippen LogP contribution >= 0.6 is 0 Å². The van der Waals surface area contributed by atoms with Crippen LogP contribution in [0.5, 0.6) is 0 Å². The van der Waals surface area contributed by atoms with Crippen molar-refractivity contribution < 1.29 is 13.7 Å². The minimum absolute atomic E-state index is 0.0977. The average Bonchev–Trinajstić information content (AvgIpc) is 3.55. The highest BCUT2D eigenvalue weighted by Gasteiger charge is 2.27. The first-order valence-corrected chi connectivity index (χ1v) is 9.74. The molecular weight excluding hydrogens is 386 g/mol. The Morgan fingerprint density at radius 2 is 2.30 bits per heavy atom. The molecule has 152 valence electrons. The third kappa shape index (κ3) is 3.71. The Kier molecular flexibility index (Phi) is 4.80. The first-order chi connectivity index (χ1) is 14.8. The fourth-order valence-corrected chi connectivity index (χ4v) is 3.67. The first kappa shape index (κ1) is 18.2. The molecule has 1 aliphatic rings. The molecule has 0 aliphatic carbocycles. The van der Waals surface area contributed by atoms with E-state index in [1.807, 2.05) is 11.0 Å². The molecule has 30 heavy (non-hydrogen) atoms. The maximum Gasteiger partial charge on any atom is 0.274 e. The van der Waals surface area contributed by atoms with Gasteiger partial charge in [-0.05, 0) is 30.9 Å². The van der Waals surface area contributed by atoms with E-state index >= 15 is 0 Å². The molecule has 0 spiro atoms. The number of nitrogens with zero attached hydrogens (tertiary/aromatic N) is 6. The van der Waals surface area contributed by atoms with Crippen LogP contribution in [0.1, 0.15) is 29.2 Å². The van der Waals surface area contributed by atoms with Crippen LogP contribution in [0.15, 0.2) is 52.0 Å². The molecular formula is C20H19N7O3. The SMILES string of the molecule is O=C(c1cc(-c2ccco2)[nH]n1)N1CCC[C@H](Cc2nc(-c3cnccn3)no2)C1. The van der Waals surface area contributed by atoms with Crippen molar-refractivity contribution in [2.24, 2.45) is 5.92 Å². The Morgan fingerprint density at radius 3 is 3.13 bits per heavy atom. The number of likely N-dealkylation sites (tertiary alicyclic amines) is 1. The van der Waals surface area contributed by atoms with Crippen LogP contribution in [-0.4, -0.2) is 54.2 Å². The van der Waals surface area contributed by atoms with Gasteiger partial charge in [0, 0.05) is 38.0 Å². The smallest absolute Gasteiger partial charge is 0.274 e. The number of aromatic nitrogens is 6. The van der Waals surface area contributed by atoms with Gasteiger partial charge in [-0.25, -0.2) is 4.98 Å². The highest BCUT2D eigenvalue weighted by atomic mass is 16.5. The molecule has 4 aromatic rings. The molecule has 1 atom stereocenters. The quantitative estimate of drug-likeness (QED) is 0.537. The number of rotatable bonds is 5. The number of carbonyl (C=O) groups is 1. The summed E-state index contributed by atoms with van der Waals surface area (Å²) in [4.78, 5) is 27.4. The van der Waals surface area contributed by atoms with E-state index in [9.17, 15) is 4.79 Å². The second-order valence-electron chi connectivity index (χ2n) is 7.21. The lowest BCUT2D eigenvalue weighted by Crippen LogP contribution is -2.40. The molecule has 0 saturated carbocycles. The van der Waals surface area contributed by atoms with E-state index in [0.717, 1.165) is 12.8 Å². The molecule has 5 rings (SSSR count). The summed E-state index contributed by atoms with van der Waals surface area (Å²) in [6, 6.07) is 5.33. The molecule has 1 amide bonds. The Bertz CT molecular complexity index is 1120. The summed E-state index contributed by atoms with van der Waals surface area (Å²) in [6.45, 7) is 1.32. The standard InChI is InChI=1S/C20H19N7O3/c28-20(15-10-14(24-25-15)17-4-2-8-29-17)27-7-1-3-13(12-27)9-18-23-19(26-30-18)16-11-21-5-6-22-16/h2,4-6,8,10-11,13H,1,3,7,9,12H2,(H,24,25)/t13-/m1/s1. The molecule has 1 saturated heterocycles. The summed E-state index contributed by atoms with van der Waals surface area (Å²) in [5, 5.41) is 11.0. The summed E-state index contributed by atoms with van der Waals surface area (Å²) in [5.41, 5.74) is 1.63. The molecule has 1 fully saturated rings. The predicted octanol–water partition coefficient (Wildman–Crippen LogP) is 2.60. The molecule has 4 aromatic heterocycles. The average molecular weight is 405 g/mol. The lowest BCUT2D eigenvalue weighted by molar-refractivity contribution is 0.0662. The Hall–Kier alpha value is -3.82. The highest BCUT2D eigenvalue weighted by Crippen LogP contribution is 2.24. The third-order valence-electron chi connectivity index (χ3n) is 5.11. The van der Waals surface area contributed by atoms with Crippen LogP contribution in [0.25, 0.3) is 23.0 Å². The van der Waals surface area contributed by atoms with Crippen LogP contribution in [0.2, 0.25) is 0 Å². The van der Waals surface area contributed by atoms with Gasteiger partial charge in [0.1, 0.15) is 11.4 Å². The van der Waals surface area contributed by atoms with Crippen molar-refractivity contribution in [1.82, 2.24) is 35.2 Å². The van der Waals surface area contributed by atoms with Crippen LogP contribution < -0.4 is 0 Å². The van der Waals surface area contributed by atoms with E-state index in [1.165, 1.54) is 0 Å². The second kappa shape index (κ2) is 7.90. The fourth-order valence-electron chi connectivity index (χ4n) is 3.67. The van der Waals surface area contributed by atoms with Crippen molar-refractivity contribution >= 4 is 5.91 Å². The van der Waals surface area contributed by atoms with E-state index in [4.69, 9.17) is 8.94 Å². The minimum Gasteiger partial charge on any atom is -0.463 e. The number of nitrogens with one attached hydrogen (secondary N) is 1. The van der Waals surface area contributed by atoms with Crippen LogP contribution in [0, 0.1) is 5.92 Å². The lowest BCUT2D eigenvalue weighted by Gasteiger charge is -2.31. The van der Waals surface area contributed by atoms with Crippen molar-refractivity contribution in [2.75, 3.05) is 13.1 Å². The molecule has 0 radical (unpaired) electrons. The Morgan fingerprint density at radius 1 is 1.33 bits per heavy atom. The van der Waals surface area contributed by atoms with Gasteiger partial charge in [-0.3, -0.25) is 14.9 Å². The van der Waals surface area contributed by atoms with Gasteiger partial charge in [0.25, 0.3) is 5.91 Å². The van der Waals surface area contributed by atoms with Crippen LogP contribution in [0.4, 0.5) is 0 Å². The summed E-state index contributed by atoms with van der Waals surface area (Å²) in [7, 11) is 0. The summed E-state index contributed by atoms with van der Waals surface area (Å²) in [6.07, 6.45) is 8.87. The molecule has 0 unspecified atom stereocenters. The van der Waals surface area contributed by atoms with Crippen molar-refractivity contribution in [1.29, 1.82) is 0 Å². The van der Waals surface area contributed by atoms with Gasteiger partial charge in [-0.15, -0.1) is 0 Å². The summed E-state index contributed by atoms with van der Waals surface area (Å²) in [5.74, 6) is 1.74. The van der Waals surface area contributed by atoms with Crippen molar-refractivity contribution in [3.05, 3.63) is 54.6 Å². The zero-order valence-corrected chi connectivity index (χ0v) is 16.1. The molecule has 10 heteroatoms. The second-order valence-corrected chi connectivity index (χ2v) is 7.21. The Balaban J connectivity index is 1.24. The molecule has 10 nitrogen and oxygen atoms in total. The number of amides is 1. The zero-order chi connectivity index (χ0) is 20.3. The summed E-state index contributed by atoms with van der Waals surface area (Å²) >= 11 is 0. The molecule has 1 aliphatic heterocycles. The fraction of sp³-hybridized carbons (Fsp3) is 0.300. The van der Waals surface area contributed by atoms with Crippen molar-refractivity contribution in [3.8, 4) is 23.0 Å². The number of hydrogen-bond acceptors (Lipinski definition) is 8. The normalized spacial score (nSPS) is 16.7. The van der Waals surface area contributed by atoms with Gasteiger partial charge < -0.3 is 13.8 Å². The van der Waals surface area contributed by atoms with E-state index in [-0.39, 0.29) is 11.8 Å². The molecule has 0 bridgehead atoms. The maximum absolute atomic E-state index is 12.9. The van der Waals surface area contributed by atoms with Crippen molar-refractivity contribution in [3.63, 3.8) is 0 Å². The van der Waals surface area contributed by atoms with Crippen LogP contribution in [0.3, 0.4) is 0 Å². The van der Waals surface area contributed by atoms with E-state index in [1.54, 1.807) is 37.0 Å².